The highest BCUT2D eigenvalue weighted by Crippen LogP contribution is 2.34. The number of hydrogen-bond acceptors (Lipinski definition) is 4. The zero-order valence-corrected chi connectivity index (χ0v) is 9.73. The van der Waals surface area contributed by atoms with Gasteiger partial charge in [-0.1, -0.05) is 6.07 Å². The fraction of sp³-hybridized carbons (Fsp3) is 0.385. The van der Waals surface area contributed by atoms with E-state index >= 15 is 0 Å². The van der Waals surface area contributed by atoms with Gasteiger partial charge < -0.3 is 14.8 Å². The van der Waals surface area contributed by atoms with Gasteiger partial charge in [-0.05, 0) is 24.1 Å². The molecule has 0 bridgehead atoms. The molecule has 1 fully saturated rings. The van der Waals surface area contributed by atoms with Crippen LogP contribution in [0.4, 0.5) is 5.69 Å². The number of amides is 1. The van der Waals surface area contributed by atoms with Crippen molar-refractivity contribution in [2.75, 3.05) is 25.1 Å². The zero-order chi connectivity index (χ0) is 12.6. The Labute approximate surface area is 104 Å². The van der Waals surface area contributed by atoms with Crippen molar-refractivity contribution in [2.24, 2.45) is 5.41 Å². The molecule has 1 aromatic carbocycles. The van der Waals surface area contributed by atoms with Crippen molar-refractivity contribution in [3.63, 3.8) is 0 Å². The van der Waals surface area contributed by atoms with Crippen LogP contribution in [0.3, 0.4) is 0 Å². The predicted molar refractivity (Wildman–Crippen MR) is 63.1 cm³/mol. The van der Waals surface area contributed by atoms with Crippen molar-refractivity contribution < 1.29 is 14.3 Å². The van der Waals surface area contributed by atoms with Crippen molar-refractivity contribution in [3.8, 4) is 11.8 Å². The highest BCUT2D eigenvalue weighted by atomic mass is 16.5. The monoisotopic (exact) mass is 244 g/mol. The minimum absolute atomic E-state index is 0.0579. The molecular formula is C13H12N2O3. The first-order valence-corrected chi connectivity index (χ1v) is 5.75. The Kier molecular flexibility index (Phi) is 2.46. The molecule has 18 heavy (non-hydrogen) atoms. The number of anilines is 1. The number of carbonyl (C=O) groups is 1. The summed E-state index contributed by atoms with van der Waals surface area (Å²) in [5, 5.41) is 11.9. The Morgan fingerprint density at radius 3 is 2.94 bits per heavy atom. The maximum atomic E-state index is 11.2. The molecule has 0 radical (unpaired) electrons. The normalized spacial score (nSPS) is 19.8. The fourth-order valence-corrected chi connectivity index (χ4v) is 2.19. The standard InChI is InChI=1S/C13H12N2O3/c14-6-13(7-17-8-13)4-9-1-2-11-10(3-9)15-12(16)5-18-11/h1-3H,4-5,7-8H2,(H,15,16). The van der Waals surface area contributed by atoms with Gasteiger partial charge in [0.15, 0.2) is 6.61 Å². The van der Waals surface area contributed by atoms with Crippen LogP contribution in [0.15, 0.2) is 18.2 Å². The van der Waals surface area contributed by atoms with Gasteiger partial charge in [0, 0.05) is 0 Å². The smallest absolute Gasteiger partial charge is 0.262 e. The number of nitrogens with zero attached hydrogens (tertiary/aromatic N) is 1. The van der Waals surface area contributed by atoms with E-state index in [-0.39, 0.29) is 12.5 Å². The van der Waals surface area contributed by atoms with Crippen LogP contribution in [0, 0.1) is 16.7 Å². The quantitative estimate of drug-likeness (QED) is 0.845. The molecule has 1 amide bonds. The summed E-state index contributed by atoms with van der Waals surface area (Å²) in [6.07, 6.45) is 0.632. The van der Waals surface area contributed by atoms with Crippen LogP contribution in [0.5, 0.6) is 5.75 Å². The summed E-state index contributed by atoms with van der Waals surface area (Å²) >= 11 is 0. The van der Waals surface area contributed by atoms with E-state index in [1.165, 1.54) is 0 Å². The third kappa shape index (κ3) is 1.81. The Morgan fingerprint density at radius 1 is 1.44 bits per heavy atom. The van der Waals surface area contributed by atoms with E-state index in [2.05, 4.69) is 11.4 Å². The molecule has 0 atom stereocenters. The van der Waals surface area contributed by atoms with Crippen LogP contribution in [-0.2, 0) is 16.0 Å². The summed E-state index contributed by atoms with van der Waals surface area (Å²) in [7, 11) is 0. The van der Waals surface area contributed by atoms with Gasteiger partial charge in [-0.3, -0.25) is 4.79 Å². The highest BCUT2D eigenvalue weighted by molar-refractivity contribution is 5.95. The largest absolute Gasteiger partial charge is 0.482 e. The third-order valence-electron chi connectivity index (χ3n) is 3.21. The first-order valence-electron chi connectivity index (χ1n) is 5.75. The van der Waals surface area contributed by atoms with Crippen molar-refractivity contribution in [1.82, 2.24) is 0 Å². The van der Waals surface area contributed by atoms with Gasteiger partial charge in [0.25, 0.3) is 5.91 Å². The van der Waals surface area contributed by atoms with E-state index in [4.69, 9.17) is 14.7 Å². The van der Waals surface area contributed by atoms with E-state index < -0.39 is 5.41 Å². The number of fused-ring (bicyclic) bond motifs is 1. The average molecular weight is 244 g/mol. The van der Waals surface area contributed by atoms with Crippen LogP contribution in [0.2, 0.25) is 0 Å². The summed E-state index contributed by atoms with van der Waals surface area (Å²) in [5.74, 6) is 0.524. The lowest BCUT2D eigenvalue weighted by Crippen LogP contribution is -2.43. The number of rotatable bonds is 2. The molecule has 2 heterocycles. The molecule has 0 aromatic heterocycles. The van der Waals surface area contributed by atoms with E-state index in [1.807, 2.05) is 18.2 Å². The van der Waals surface area contributed by atoms with E-state index in [1.54, 1.807) is 0 Å². The summed E-state index contributed by atoms with van der Waals surface area (Å²) in [6, 6.07) is 7.93. The average Bonchev–Trinajstić information content (AvgIpc) is 2.33. The Bertz CT molecular complexity index is 544. The minimum Gasteiger partial charge on any atom is -0.482 e. The molecule has 2 aliphatic heterocycles. The van der Waals surface area contributed by atoms with Crippen LogP contribution in [0.1, 0.15) is 5.56 Å². The lowest BCUT2D eigenvalue weighted by atomic mass is 9.81. The Balaban J connectivity index is 1.84. The number of nitrogens with one attached hydrogen (secondary N) is 1. The topological polar surface area (TPSA) is 71.4 Å². The third-order valence-corrected chi connectivity index (χ3v) is 3.21. The minimum atomic E-state index is -0.409. The highest BCUT2D eigenvalue weighted by Gasteiger charge is 2.39. The van der Waals surface area contributed by atoms with Crippen LogP contribution in [-0.4, -0.2) is 25.7 Å². The number of ether oxygens (including phenoxy) is 2. The molecule has 0 unspecified atom stereocenters. The van der Waals surface area contributed by atoms with Crippen molar-refractivity contribution in [1.29, 1.82) is 5.26 Å². The first-order chi connectivity index (χ1) is 8.71. The van der Waals surface area contributed by atoms with Gasteiger partial charge in [0.1, 0.15) is 11.2 Å². The number of nitriles is 1. The van der Waals surface area contributed by atoms with Crippen molar-refractivity contribution in [3.05, 3.63) is 23.8 Å². The molecule has 1 N–H and O–H groups in total. The van der Waals surface area contributed by atoms with Gasteiger partial charge in [0.05, 0.1) is 25.0 Å². The second-order valence-corrected chi connectivity index (χ2v) is 4.73. The molecule has 1 saturated heterocycles. The van der Waals surface area contributed by atoms with Gasteiger partial charge in [0.2, 0.25) is 0 Å². The molecule has 5 heteroatoms. The van der Waals surface area contributed by atoms with Crippen molar-refractivity contribution in [2.45, 2.75) is 6.42 Å². The van der Waals surface area contributed by atoms with E-state index in [0.717, 1.165) is 5.56 Å². The Morgan fingerprint density at radius 2 is 2.28 bits per heavy atom. The lowest BCUT2D eigenvalue weighted by Gasteiger charge is -2.35. The second-order valence-electron chi connectivity index (χ2n) is 4.73. The first kappa shape index (κ1) is 11.1. The molecule has 3 rings (SSSR count). The maximum absolute atomic E-state index is 11.2. The number of hydrogen-bond donors (Lipinski definition) is 1. The molecule has 2 aliphatic rings. The van der Waals surface area contributed by atoms with Crippen LogP contribution in [0.25, 0.3) is 0 Å². The van der Waals surface area contributed by atoms with E-state index in [9.17, 15) is 4.79 Å². The molecular weight excluding hydrogens is 232 g/mol. The summed E-state index contributed by atoms with van der Waals surface area (Å²) in [6.45, 7) is 1.01. The summed E-state index contributed by atoms with van der Waals surface area (Å²) in [4.78, 5) is 11.2. The van der Waals surface area contributed by atoms with Crippen molar-refractivity contribution >= 4 is 11.6 Å². The van der Waals surface area contributed by atoms with E-state index in [0.29, 0.717) is 31.1 Å². The second kappa shape index (κ2) is 4.00. The number of carbonyl (C=O) groups excluding carboxylic acids is 1. The van der Waals surface area contributed by atoms with Gasteiger partial charge >= 0.3 is 0 Å². The maximum Gasteiger partial charge on any atom is 0.262 e. The predicted octanol–water partition coefficient (Wildman–Crippen LogP) is 1.10. The SMILES string of the molecule is N#CC1(Cc2ccc3c(c2)NC(=O)CO3)COC1. The summed E-state index contributed by atoms with van der Waals surface area (Å²) in [5.41, 5.74) is 1.27. The van der Waals surface area contributed by atoms with Gasteiger partial charge in [-0.25, -0.2) is 0 Å². The zero-order valence-electron chi connectivity index (χ0n) is 9.73. The summed E-state index contributed by atoms with van der Waals surface area (Å²) < 4.78 is 10.4. The lowest BCUT2D eigenvalue weighted by molar-refractivity contribution is -0.118. The Hall–Kier alpha value is -2.06. The molecule has 0 spiro atoms. The van der Waals surface area contributed by atoms with Gasteiger partial charge in [-0.15, -0.1) is 0 Å². The fourth-order valence-electron chi connectivity index (χ4n) is 2.19. The van der Waals surface area contributed by atoms with Crippen LogP contribution < -0.4 is 10.1 Å². The molecule has 92 valence electrons. The molecule has 0 aliphatic carbocycles. The molecule has 5 nitrogen and oxygen atoms in total. The molecule has 1 aromatic rings. The van der Waals surface area contributed by atoms with Crippen LogP contribution >= 0.6 is 0 Å². The van der Waals surface area contributed by atoms with Gasteiger partial charge in [-0.2, -0.15) is 5.26 Å². The molecule has 0 saturated carbocycles. The number of benzene rings is 1.